The molecule has 0 aliphatic heterocycles. The highest BCUT2D eigenvalue weighted by Crippen LogP contribution is 2.24. The number of hydrogen-bond acceptors (Lipinski definition) is 3. The Balaban J connectivity index is 1.59. The Morgan fingerprint density at radius 2 is 1.88 bits per heavy atom. The molecule has 4 heteroatoms. The highest BCUT2D eigenvalue weighted by atomic mass is 16.3. The van der Waals surface area contributed by atoms with Crippen molar-refractivity contribution in [3.05, 3.63) is 60.1 Å². The van der Waals surface area contributed by atoms with Gasteiger partial charge in [0, 0.05) is 12.6 Å². The molecule has 0 saturated heterocycles. The van der Waals surface area contributed by atoms with E-state index in [1.165, 1.54) is 37.7 Å². The van der Waals surface area contributed by atoms with Crippen LogP contribution < -0.4 is 5.32 Å². The zero-order chi connectivity index (χ0) is 16.6. The number of amides is 1. The molecule has 1 aliphatic carbocycles. The standard InChI is InChI=1S/C20H26N2O2/c23-20(21-14-19-12-7-13-24-19)16-22(18-10-5-2-6-11-18)15-17-8-3-1-4-9-17/h1,3-4,7-9,12-13,18H,2,5-6,10-11,14-16H2,(H,21,23). The van der Waals surface area contributed by atoms with Crippen LogP contribution in [0.2, 0.25) is 0 Å². The van der Waals surface area contributed by atoms with Crippen LogP contribution in [-0.4, -0.2) is 23.4 Å². The molecule has 1 amide bonds. The zero-order valence-corrected chi connectivity index (χ0v) is 14.1. The minimum absolute atomic E-state index is 0.0629. The summed E-state index contributed by atoms with van der Waals surface area (Å²) in [6.45, 7) is 1.73. The van der Waals surface area contributed by atoms with E-state index in [1.54, 1.807) is 6.26 Å². The Labute approximate surface area is 143 Å². The topological polar surface area (TPSA) is 45.5 Å². The van der Waals surface area contributed by atoms with E-state index < -0.39 is 0 Å². The van der Waals surface area contributed by atoms with Crippen molar-refractivity contribution in [2.75, 3.05) is 6.54 Å². The molecule has 1 N–H and O–H groups in total. The first-order chi connectivity index (χ1) is 11.8. The Kier molecular flexibility index (Phi) is 6.07. The van der Waals surface area contributed by atoms with Crippen molar-refractivity contribution in [1.82, 2.24) is 10.2 Å². The van der Waals surface area contributed by atoms with Crippen LogP contribution in [0.1, 0.15) is 43.4 Å². The van der Waals surface area contributed by atoms with E-state index in [2.05, 4.69) is 34.5 Å². The van der Waals surface area contributed by atoms with Crippen molar-refractivity contribution in [3.8, 4) is 0 Å². The van der Waals surface area contributed by atoms with Gasteiger partial charge in [0.15, 0.2) is 0 Å². The van der Waals surface area contributed by atoms with E-state index in [-0.39, 0.29) is 5.91 Å². The molecule has 1 aliphatic rings. The summed E-state index contributed by atoms with van der Waals surface area (Å²) in [5.41, 5.74) is 1.27. The van der Waals surface area contributed by atoms with Gasteiger partial charge in [0.05, 0.1) is 19.4 Å². The first kappa shape index (κ1) is 16.8. The third-order valence-corrected chi connectivity index (χ3v) is 4.71. The molecule has 0 radical (unpaired) electrons. The van der Waals surface area contributed by atoms with E-state index in [1.807, 2.05) is 18.2 Å². The van der Waals surface area contributed by atoms with Crippen LogP contribution in [0.5, 0.6) is 0 Å². The minimum atomic E-state index is 0.0629. The Bertz CT molecular complexity index is 604. The number of hydrogen-bond donors (Lipinski definition) is 1. The highest BCUT2D eigenvalue weighted by Gasteiger charge is 2.23. The second-order valence-electron chi connectivity index (χ2n) is 6.54. The van der Waals surface area contributed by atoms with Crippen LogP contribution >= 0.6 is 0 Å². The van der Waals surface area contributed by atoms with Gasteiger partial charge in [0.25, 0.3) is 0 Å². The first-order valence-corrected chi connectivity index (χ1v) is 8.88. The molecule has 1 aromatic carbocycles. The van der Waals surface area contributed by atoms with Gasteiger partial charge in [0.1, 0.15) is 5.76 Å². The third kappa shape index (κ3) is 4.96. The van der Waals surface area contributed by atoms with Crippen molar-refractivity contribution >= 4 is 5.91 Å². The Morgan fingerprint density at radius 3 is 2.58 bits per heavy atom. The van der Waals surface area contributed by atoms with Crippen LogP contribution in [0.4, 0.5) is 0 Å². The quantitative estimate of drug-likeness (QED) is 0.843. The summed E-state index contributed by atoms with van der Waals surface area (Å²) in [5.74, 6) is 0.850. The molecule has 1 fully saturated rings. The van der Waals surface area contributed by atoms with E-state index in [0.29, 0.717) is 19.1 Å². The SMILES string of the molecule is O=C(CN(Cc1ccccc1)C1CCCCC1)NCc1ccco1. The molecule has 0 unspecified atom stereocenters. The van der Waals surface area contributed by atoms with Crippen LogP contribution in [-0.2, 0) is 17.9 Å². The Hall–Kier alpha value is -2.07. The molecular formula is C20H26N2O2. The van der Waals surface area contributed by atoms with Gasteiger partial charge in [-0.15, -0.1) is 0 Å². The lowest BCUT2D eigenvalue weighted by molar-refractivity contribution is -0.123. The maximum Gasteiger partial charge on any atom is 0.234 e. The molecule has 0 bridgehead atoms. The van der Waals surface area contributed by atoms with Crippen molar-refractivity contribution in [2.24, 2.45) is 0 Å². The predicted molar refractivity (Wildman–Crippen MR) is 94.3 cm³/mol. The summed E-state index contributed by atoms with van der Waals surface area (Å²) >= 11 is 0. The summed E-state index contributed by atoms with van der Waals surface area (Å²) < 4.78 is 5.27. The molecule has 3 rings (SSSR count). The molecule has 128 valence electrons. The fraction of sp³-hybridized carbons (Fsp3) is 0.450. The van der Waals surface area contributed by atoms with Gasteiger partial charge in [-0.25, -0.2) is 0 Å². The first-order valence-electron chi connectivity index (χ1n) is 8.88. The smallest absolute Gasteiger partial charge is 0.234 e. The highest BCUT2D eigenvalue weighted by molar-refractivity contribution is 5.78. The molecule has 24 heavy (non-hydrogen) atoms. The second-order valence-corrected chi connectivity index (χ2v) is 6.54. The number of benzene rings is 1. The molecule has 1 heterocycles. The zero-order valence-electron chi connectivity index (χ0n) is 14.1. The van der Waals surface area contributed by atoms with Gasteiger partial charge in [-0.2, -0.15) is 0 Å². The molecule has 2 aromatic rings. The van der Waals surface area contributed by atoms with Crippen molar-refractivity contribution < 1.29 is 9.21 Å². The van der Waals surface area contributed by atoms with Crippen LogP contribution in [0.15, 0.2) is 53.1 Å². The molecule has 4 nitrogen and oxygen atoms in total. The summed E-state index contributed by atoms with van der Waals surface area (Å²) in [6.07, 6.45) is 7.87. The van der Waals surface area contributed by atoms with Gasteiger partial charge in [-0.1, -0.05) is 49.6 Å². The third-order valence-electron chi connectivity index (χ3n) is 4.71. The van der Waals surface area contributed by atoms with Gasteiger partial charge < -0.3 is 9.73 Å². The van der Waals surface area contributed by atoms with Crippen molar-refractivity contribution in [2.45, 2.75) is 51.2 Å². The lowest BCUT2D eigenvalue weighted by atomic mass is 9.93. The molecule has 1 aromatic heterocycles. The maximum atomic E-state index is 12.4. The summed E-state index contributed by atoms with van der Waals surface area (Å²) in [6, 6.07) is 14.6. The lowest BCUT2D eigenvalue weighted by Gasteiger charge is -2.34. The normalized spacial score (nSPS) is 15.5. The van der Waals surface area contributed by atoms with Gasteiger partial charge in [0.2, 0.25) is 5.91 Å². The van der Waals surface area contributed by atoms with E-state index >= 15 is 0 Å². The number of nitrogens with one attached hydrogen (secondary N) is 1. The van der Waals surface area contributed by atoms with E-state index in [9.17, 15) is 4.79 Å². The number of rotatable bonds is 7. The van der Waals surface area contributed by atoms with Gasteiger partial charge in [-0.05, 0) is 30.5 Å². The number of nitrogens with zero attached hydrogens (tertiary/aromatic N) is 1. The molecule has 0 atom stereocenters. The minimum Gasteiger partial charge on any atom is -0.467 e. The fourth-order valence-corrected chi connectivity index (χ4v) is 3.42. The average Bonchev–Trinajstić information content (AvgIpc) is 3.15. The molecule has 0 spiro atoms. The number of carbonyl (C=O) groups excluding carboxylic acids is 1. The average molecular weight is 326 g/mol. The van der Waals surface area contributed by atoms with Gasteiger partial charge in [-0.3, -0.25) is 9.69 Å². The molecular weight excluding hydrogens is 300 g/mol. The number of furan rings is 1. The summed E-state index contributed by atoms with van der Waals surface area (Å²) in [7, 11) is 0. The maximum absolute atomic E-state index is 12.4. The van der Waals surface area contributed by atoms with Gasteiger partial charge >= 0.3 is 0 Å². The predicted octanol–water partition coefficient (Wildman–Crippen LogP) is 3.73. The Morgan fingerprint density at radius 1 is 1.08 bits per heavy atom. The number of carbonyl (C=O) groups is 1. The fourth-order valence-electron chi connectivity index (χ4n) is 3.42. The summed E-state index contributed by atoms with van der Waals surface area (Å²) in [4.78, 5) is 14.7. The molecule has 1 saturated carbocycles. The largest absolute Gasteiger partial charge is 0.467 e. The summed E-state index contributed by atoms with van der Waals surface area (Å²) in [5, 5.41) is 2.97. The second kappa shape index (κ2) is 8.69. The van der Waals surface area contributed by atoms with Crippen LogP contribution in [0.3, 0.4) is 0 Å². The lowest BCUT2D eigenvalue weighted by Crippen LogP contribution is -2.43. The van der Waals surface area contributed by atoms with Crippen LogP contribution in [0.25, 0.3) is 0 Å². The van der Waals surface area contributed by atoms with Crippen molar-refractivity contribution in [1.29, 1.82) is 0 Å². The van der Waals surface area contributed by atoms with E-state index in [4.69, 9.17) is 4.42 Å². The van der Waals surface area contributed by atoms with E-state index in [0.717, 1.165) is 12.3 Å². The van der Waals surface area contributed by atoms with Crippen LogP contribution in [0, 0.1) is 0 Å². The van der Waals surface area contributed by atoms with Crippen molar-refractivity contribution in [3.63, 3.8) is 0 Å². The monoisotopic (exact) mass is 326 g/mol.